The van der Waals surface area contributed by atoms with E-state index < -0.39 is 16.0 Å². The maximum absolute atomic E-state index is 12.3. The number of sulfonamides is 1. The van der Waals surface area contributed by atoms with E-state index in [1.807, 2.05) is 0 Å². The summed E-state index contributed by atoms with van der Waals surface area (Å²) in [6.07, 6.45) is 1.19. The first-order valence-corrected chi connectivity index (χ1v) is 12.1. The van der Waals surface area contributed by atoms with Gasteiger partial charge in [-0.3, -0.25) is 0 Å². The summed E-state index contributed by atoms with van der Waals surface area (Å²) in [7, 11) is -2.36. The molecule has 0 fully saturated rings. The van der Waals surface area contributed by atoms with Crippen molar-refractivity contribution < 1.29 is 22.7 Å². The molecular formula is C22H25Cl2N5O5S. The molecule has 0 bridgehead atoms. The number of nitrogens with zero attached hydrogens (tertiary/aromatic N) is 2. The van der Waals surface area contributed by atoms with Crippen LogP contribution in [0.4, 0.5) is 23.1 Å². The first-order valence-electron chi connectivity index (χ1n) is 10.2. The molecule has 0 atom stereocenters. The topological polar surface area (TPSA) is 132 Å². The van der Waals surface area contributed by atoms with Crippen LogP contribution in [0.2, 0.25) is 5.02 Å². The average Bonchev–Trinajstić information content (AvgIpc) is 2.80. The normalized spacial score (nSPS) is 10.9. The SMILES string of the molecule is CNS(=O)(=O)c1ccccc1Nc1nc(Nc2ccc(OCC(=O)OC(C)C)cc2)ncc1Cl.Cl. The maximum Gasteiger partial charge on any atom is 0.344 e. The third kappa shape index (κ3) is 7.96. The lowest BCUT2D eigenvalue weighted by molar-refractivity contribution is -0.149. The highest BCUT2D eigenvalue weighted by Crippen LogP contribution is 2.29. The number of aromatic nitrogens is 2. The van der Waals surface area contributed by atoms with Crippen LogP contribution in [-0.2, 0) is 19.6 Å². The van der Waals surface area contributed by atoms with Crippen molar-refractivity contribution in [2.75, 3.05) is 24.3 Å². The Bertz CT molecular complexity index is 1260. The third-order valence-corrected chi connectivity index (χ3v) is 6.03. The van der Waals surface area contributed by atoms with Crippen LogP contribution in [0.15, 0.2) is 59.6 Å². The fourth-order valence-electron chi connectivity index (χ4n) is 2.76. The molecule has 1 heterocycles. The molecule has 0 aliphatic carbocycles. The van der Waals surface area contributed by atoms with E-state index in [0.29, 0.717) is 17.1 Å². The number of hydrogen-bond donors (Lipinski definition) is 3. The summed E-state index contributed by atoms with van der Waals surface area (Å²) in [5, 5.41) is 6.19. The summed E-state index contributed by atoms with van der Waals surface area (Å²) < 4.78 is 37.3. The first-order chi connectivity index (χ1) is 16.2. The van der Waals surface area contributed by atoms with Crippen LogP contribution in [0.1, 0.15) is 13.8 Å². The quantitative estimate of drug-likeness (QED) is 0.321. The zero-order valence-electron chi connectivity index (χ0n) is 19.1. The maximum atomic E-state index is 12.3. The van der Waals surface area contributed by atoms with Crippen molar-refractivity contribution in [2.24, 2.45) is 0 Å². The van der Waals surface area contributed by atoms with Crippen LogP contribution in [-0.4, -0.2) is 44.1 Å². The number of rotatable bonds is 10. The highest BCUT2D eigenvalue weighted by atomic mass is 35.5. The second kappa shape index (κ2) is 12.5. The zero-order valence-corrected chi connectivity index (χ0v) is 21.5. The fraction of sp³-hybridized carbons (Fsp3) is 0.227. The predicted molar refractivity (Wildman–Crippen MR) is 137 cm³/mol. The fourth-order valence-corrected chi connectivity index (χ4v) is 3.78. The summed E-state index contributed by atoms with van der Waals surface area (Å²) in [6.45, 7) is 3.34. The molecule has 0 saturated carbocycles. The van der Waals surface area contributed by atoms with Crippen LogP contribution in [0, 0.1) is 0 Å². The second-order valence-electron chi connectivity index (χ2n) is 7.20. The van der Waals surface area contributed by atoms with Crippen molar-refractivity contribution in [3.8, 4) is 5.75 Å². The highest BCUT2D eigenvalue weighted by Gasteiger charge is 2.17. The van der Waals surface area contributed by atoms with Gasteiger partial charge in [0, 0.05) is 5.69 Å². The van der Waals surface area contributed by atoms with Gasteiger partial charge in [0.15, 0.2) is 12.4 Å². The van der Waals surface area contributed by atoms with Gasteiger partial charge in [0.1, 0.15) is 15.7 Å². The smallest absolute Gasteiger partial charge is 0.344 e. The lowest BCUT2D eigenvalue weighted by Crippen LogP contribution is -2.19. The van der Waals surface area contributed by atoms with Crippen molar-refractivity contribution in [1.82, 2.24) is 14.7 Å². The lowest BCUT2D eigenvalue weighted by atomic mass is 10.3. The summed E-state index contributed by atoms with van der Waals surface area (Å²) in [5.74, 6) is 0.500. The Kier molecular flexibility index (Phi) is 10.1. The van der Waals surface area contributed by atoms with Crippen molar-refractivity contribution in [2.45, 2.75) is 24.8 Å². The Morgan fingerprint density at radius 2 is 1.77 bits per heavy atom. The minimum absolute atomic E-state index is 0. The molecule has 0 radical (unpaired) electrons. The van der Waals surface area contributed by atoms with Crippen LogP contribution >= 0.6 is 24.0 Å². The molecule has 10 nitrogen and oxygen atoms in total. The van der Waals surface area contributed by atoms with E-state index >= 15 is 0 Å². The molecule has 0 unspecified atom stereocenters. The molecule has 0 amide bonds. The van der Waals surface area contributed by atoms with Gasteiger partial charge < -0.3 is 20.1 Å². The van der Waals surface area contributed by atoms with Crippen LogP contribution in [0.25, 0.3) is 0 Å². The molecule has 0 aliphatic heterocycles. The van der Waals surface area contributed by atoms with Gasteiger partial charge in [-0.1, -0.05) is 23.7 Å². The van der Waals surface area contributed by atoms with E-state index in [4.69, 9.17) is 21.1 Å². The van der Waals surface area contributed by atoms with Gasteiger partial charge in [-0.15, -0.1) is 12.4 Å². The minimum Gasteiger partial charge on any atom is -0.482 e. The molecule has 35 heavy (non-hydrogen) atoms. The number of carbonyl (C=O) groups is 1. The molecule has 3 rings (SSSR count). The van der Waals surface area contributed by atoms with E-state index in [2.05, 4.69) is 25.3 Å². The Labute approximate surface area is 214 Å². The van der Waals surface area contributed by atoms with Crippen molar-refractivity contribution >= 4 is 63.1 Å². The second-order valence-corrected chi connectivity index (χ2v) is 9.46. The molecule has 0 spiro atoms. The molecule has 0 aliphatic rings. The van der Waals surface area contributed by atoms with Gasteiger partial charge in [-0.2, -0.15) is 4.98 Å². The lowest BCUT2D eigenvalue weighted by Gasteiger charge is -2.13. The Hall–Kier alpha value is -3.12. The number of para-hydroxylation sites is 1. The van der Waals surface area contributed by atoms with Crippen molar-refractivity contribution in [3.05, 3.63) is 59.8 Å². The summed E-state index contributed by atoms with van der Waals surface area (Å²) in [6, 6.07) is 13.2. The molecule has 0 saturated heterocycles. The van der Waals surface area contributed by atoms with Gasteiger partial charge in [0.05, 0.1) is 18.0 Å². The Morgan fingerprint density at radius 3 is 2.43 bits per heavy atom. The number of nitrogens with one attached hydrogen (secondary N) is 3. The number of carbonyl (C=O) groups excluding carboxylic acids is 1. The summed E-state index contributed by atoms with van der Waals surface area (Å²) >= 11 is 6.23. The standard InChI is InChI=1S/C22H24ClN5O5S.ClH/c1-14(2)33-20(29)13-32-16-10-8-15(9-11-16)26-22-25-12-17(23)21(28-22)27-18-6-4-5-7-19(18)34(30,31)24-3;/h4-12,14,24H,13H2,1-3H3,(H2,25,26,27,28);1H. The van der Waals surface area contributed by atoms with Gasteiger partial charge in [0.2, 0.25) is 16.0 Å². The monoisotopic (exact) mass is 541 g/mol. The number of esters is 1. The van der Waals surface area contributed by atoms with E-state index in [9.17, 15) is 13.2 Å². The molecule has 1 aromatic heterocycles. The van der Waals surface area contributed by atoms with E-state index in [0.717, 1.165) is 0 Å². The molecule has 3 N–H and O–H groups in total. The number of ether oxygens (including phenoxy) is 2. The third-order valence-electron chi connectivity index (χ3n) is 4.28. The van der Waals surface area contributed by atoms with Crippen LogP contribution in [0.5, 0.6) is 5.75 Å². The zero-order chi connectivity index (χ0) is 24.7. The van der Waals surface area contributed by atoms with E-state index in [-0.39, 0.29) is 46.8 Å². The largest absolute Gasteiger partial charge is 0.482 e. The number of hydrogen-bond acceptors (Lipinski definition) is 9. The van der Waals surface area contributed by atoms with Crippen LogP contribution in [0.3, 0.4) is 0 Å². The van der Waals surface area contributed by atoms with E-state index in [1.165, 1.54) is 19.3 Å². The van der Waals surface area contributed by atoms with Crippen molar-refractivity contribution in [3.63, 3.8) is 0 Å². The molecule has 3 aromatic rings. The Balaban J connectivity index is 0.00000432. The van der Waals surface area contributed by atoms with Gasteiger partial charge in [-0.05, 0) is 57.3 Å². The van der Waals surface area contributed by atoms with Gasteiger partial charge >= 0.3 is 5.97 Å². The first kappa shape index (κ1) is 28.1. The molecule has 13 heteroatoms. The van der Waals surface area contributed by atoms with Gasteiger partial charge in [-0.25, -0.2) is 22.9 Å². The van der Waals surface area contributed by atoms with E-state index in [1.54, 1.807) is 56.3 Å². The number of halogens is 2. The predicted octanol–water partition coefficient (Wildman–Crippen LogP) is 4.28. The number of anilines is 4. The Morgan fingerprint density at radius 1 is 1.09 bits per heavy atom. The average molecular weight is 542 g/mol. The highest BCUT2D eigenvalue weighted by molar-refractivity contribution is 7.89. The molecular weight excluding hydrogens is 517 g/mol. The number of benzene rings is 2. The summed E-state index contributed by atoms with van der Waals surface area (Å²) in [4.78, 5) is 20.1. The summed E-state index contributed by atoms with van der Waals surface area (Å²) in [5.41, 5.74) is 0.962. The molecule has 188 valence electrons. The van der Waals surface area contributed by atoms with Crippen molar-refractivity contribution in [1.29, 1.82) is 0 Å². The van der Waals surface area contributed by atoms with Gasteiger partial charge in [0.25, 0.3) is 0 Å². The molecule has 2 aromatic carbocycles. The van der Waals surface area contributed by atoms with Crippen LogP contribution < -0.4 is 20.1 Å². The minimum atomic E-state index is -3.70.